The molecule has 1 aromatic carbocycles. The smallest absolute Gasteiger partial charge is 0.400 e. The Hall–Kier alpha value is -1.44. The van der Waals surface area contributed by atoms with Gasteiger partial charge in [-0.2, -0.15) is 0 Å². The molecule has 1 amide bonds. The van der Waals surface area contributed by atoms with Crippen LogP contribution >= 0.6 is 11.6 Å². The van der Waals surface area contributed by atoms with Gasteiger partial charge in [0.05, 0.1) is 11.2 Å². The molecule has 1 fully saturated rings. The highest BCUT2D eigenvalue weighted by Crippen LogP contribution is 2.38. The van der Waals surface area contributed by atoms with E-state index in [2.05, 4.69) is 5.32 Å². The van der Waals surface area contributed by atoms with Crippen molar-refractivity contribution < 1.29 is 22.9 Å². The number of rotatable bonds is 4. The third kappa shape index (κ3) is 4.40. The van der Waals surface area contributed by atoms with E-state index in [-0.39, 0.29) is 18.0 Å². The van der Waals surface area contributed by atoms with Gasteiger partial charge < -0.3 is 14.6 Å². The van der Waals surface area contributed by atoms with Crippen LogP contribution in [0.25, 0.3) is 6.08 Å². The Bertz CT molecular complexity index is 683. The Kier molecular flexibility index (Phi) is 5.61. The first-order chi connectivity index (χ1) is 11.4. The predicted molar refractivity (Wildman–Crippen MR) is 94.1 cm³/mol. The SMILES string of the molecule is CC(=O)NCC(=Cc1cc(F)c(Cl)c(F)c1)B1OC(C)(C)C(C)(C)O1. The highest BCUT2D eigenvalue weighted by molar-refractivity contribution is 6.56. The molecule has 8 heteroatoms. The molecule has 1 aromatic rings. The van der Waals surface area contributed by atoms with Gasteiger partial charge in [-0.25, -0.2) is 8.78 Å². The van der Waals surface area contributed by atoms with Crippen molar-refractivity contribution in [2.75, 3.05) is 6.54 Å². The summed E-state index contributed by atoms with van der Waals surface area (Å²) in [5.74, 6) is -1.96. The Labute approximate surface area is 151 Å². The van der Waals surface area contributed by atoms with E-state index >= 15 is 0 Å². The molecule has 0 unspecified atom stereocenters. The number of carbonyl (C=O) groups is 1. The van der Waals surface area contributed by atoms with Gasteiger partial charge in [-0.15, -0.1) is 0 Å². The summed E-state index contributed by atoms with van der Waals surface area (Å²) in [5.41, 5.74) is -0.364. The second-order valence-corrected chi connectivity index (χ2v) is 7.39. The zero-order chi connectivity index (χ0) is 19.0. The fourth-order valence-electron chi connectivity index (χ4n) is 2.30. The van der Waals surface area contributed by atoms with E-state index < -0.39 is 35.0 Å². The molecule has 1 aliphatic heterocycles. The highest BCUT2D eigenvalue weighted by Gasteiger charge is 2.52. The summed E-state index contributed by atoms with van der Waals surface area (Å²) in [7, 11) is -0.751. The molecular formula is C17H21BClF2NO3. The number of hydrogen-bond acceptors (Lipinski definition) is 3. The summed E-state index contributed by atoms with van der Waals surface area (Å²) in [6, 6.07) is 2.23. The van der Waals surface area contributed by atoms with Crippen molar-refractivity contribution in [2.24, 2.45) is 0 Å². The molecule has 1 heterocycles. The minimum Gasteiger partial charge on any atom is -0.400 e. The van der Waals surface area contributed by atoms with Crippen molar-refractivity contribution in [1.29, 1.82) is 0 Å². The minimum absolute atomic E-state index is 0.123. The third-order valence-corrected chi connectivity index (χ3v) is 4.82. The van der Waals surface area contributed by atoms with Gasteiger partial charge in [-0.1, -0.05) is 17.7 Å². The maximum absolute atomic E-state index is 13.7. The molecule has 4 nitrogen and oxygen atoms in total. The lowest BCUT2D eigenvalue weighted by Crippen LogP contribution is -2.41. The van der Waals surface area contributed by atoms with Gasteiger partial charge in [-0.3, -0.25) is 4.79 Å². The van der Waals surface area contributed by atoms with Crippen LogP contribution in [0, 0.1) is 11.6 Å². The third-order valence-electron chi connectivity index (χ3n) is 4.46. The standard InChI is InChI=1S/C17H21BClF2NO3/c1-10(23)22-9-12(18-24-16(2,3)17(4,5)25-18)6-11-7-13(20)15(19)14(21)8-11/h6-8H,9H2,1-5H3,(H,22,23). The van der Waals surface area contributed by atoms with Crippen molar-refractivity contribution in [3.8, 4) is 0 Å². The average Bonchev–Trinajstić information content (AvgIpc) is 2.68. The topological polar surface area (TPSA) is 47.6 Å². The van der Waals surface area contributed by atoms with Gasteiger partial charge in [0.25, 0.3) is 0 Å². The lowest BCUT2D eigenvalue weighted by molar-refractivity contribution is -0.118. The van der Waals surface area contributed by atoms with Crippen LogP contribution in [0.4, 0.5) is 8.78 Å². The number of nitrogens with one attached hydrogen (secondary N) is 1. The van der Waals surface area contributed by atoms with E-state index in [1.807, 2.05) is 27.7 Å². The molecule has 136 valence electrons. The van der Waals surface area contributed by atoms with Crippen LogP contribution in [-0.2, 0) is 14.1 Å². The van der Waals surface area contributed by atoms with Crippen LogP contribution in [0.5, 0.6) is 0 Å². The van der Waals surface area contributed by atoms with E-state index in [1.165, 1.54) is 13.0 Å². The van der Waals surface area contributed by atoms with Crippen LogP contribution in [0.15, 0.2) is 17.6 Å². The van der Waals surface area contributed by atoms with Gasteiger partial charge in [0.1, 0.15) is 16.7 Å². The summed E-state index contributed by atoms with van der Waals surface area (Å²) in [6.07, 6.45) is 1.53. The van der Waals surface area contributed by atoms with E-state index in [1.54, 1.807) is 0 Å². The average molecular weight is 372 g/mol. The van der Waals surface area contributed by atoms with Crippen molar-refractivity contribution in [3.63, 3.8) is 0 Å². The van der Waals surface area contributed by atoms with Gasteiger partial charge >= 0.3 is 7.12 Å². The fraction of sp³-hybridized carbons (Fsp3) is 0.471. The molecule has 0 radical (unpaired) electrons. The van der Waals surface area contributed by atoms with Gasteiger partial charge in [0.15, 0.2) is 0 Å². The van der Waals surface area contributed by atoms with Crippen LogP contribution in [-0.4, -0.2) is 30.8 Å². The van der Waals surface area contributed by atoms with Crippen LogP contribution in [0.2, 0.25) is 5.02 Å². The maximum Gasteiger partial charge on any atom is 0.492 e. The number of benzene rings is 1. The first-order valence-electron chi connectivity index (χ1n) is 7.88. The summed E-state index contributed by atoms with van der Waals surface area (Å²) < 4.78 is 39.3. The molecule has 25 heavy (non-hydrogen) atoms. The number of carbonyl (C=O) groups excluding carboxylic acids is 1. The van der Waals surface area contributed by atoms with Gasteiger partial charge in [0, 0.05) is 13.5 Å². The van der Waals surface area contributed by atoms with Crippen molar-refractivity contribution in [3.05, 3.63) is 39.8 Å². The second kappa shape index (κ2) is 7.06. The van der Waals surface area contributed by atoms with Crippen molar-refractivity contribution in [2.45, 2.75) is 45.8 Å². The van der Waals surface area contributed by atoms with E-state index in [4.69, 9.17) is 20.9 Å². The molecule has 1 N–H and O–H groups in total. The van der Waals surface area contributed by atoms with Gasteiger partial charge in [-0.05, 0) is 50.9 Å². The van der Waals surface area contributed by atoms with Crippen LogP contribution in [0.1, 0.15) is 40.2 Å². The molecule has 0 bridgehead atoms. The Morgan fingerprint density at radius 3 is 2.12 bits per heavy atom. The van der Waals surface area contributed by atoms with Crippen LogP contribution in [0.3, 0.4) is 0 Å². The minimum atomic E-state index is -0.860. The lowest BCUT2D eigenvalue weighted by Gasteiger charge is -2.32. The molecule has 1 saturated heterocycles. The summed E-state index contributed by atoms with van der Waals surface area (Å²) in [6.45, 7) is 9.08. The summed E-state index contributed by atoms with van der Waals surface area (Å²) >= 11 is 5.51. The Balaban J connectivity index is 2.38. The zero-order valence-electron chi connectivity index (χ0n) is 14.9. The highest BCUT2D eigenvalue weighted by atomic mass is 35.5. The van der Waals surface area contributed by atoms with E-state index in [0.717, 1.165) is 12.1 Å². The molecule has 0 atom stereocenters. The van der Waals surface area contributed by atoms with E-state index in [9.17, 15) is 13.6 Å². The quantitative estimate of drug-likeness (QED) is 0.647. The second-order valence-electron chi connectivity index (χ2n) is 7.02. The molecule has 0 spiro atoms. The first kappa shape index (κ1) is 19.9. The van der Waals surface area contributed by atoms with Gasteiger partial charge in [0.2, 0.25) is 5.91 Å². The predicted octanol–water partition coefficient (Wildman–Crippen LogP) is 3.77. The van der Waals surface area contributed by atoms with Crippen molar-refractivity contribution >= 4 is 30.7 Å². The number of amides is 1. The molecule has 1 aliphatic rings. The lowest BCUT2D eigenvalue weighted by atomic mass is 9.77. The largest absolute Gasteiger partial charge is 0.492 e. The molecule has 0 aromatic heterocycles. The van der Waals surface area contributed by atoms with Crippen LogP contribution < -0.4 is 5.32 Å². The Morgan fingerprint density at radius 2 is 1.68 bits per heavy atom. The molecule has 0 saturated carbocycles. The fourth-order valence-corrected chi connectivity index (χ4v) is 2.41. The normalized spacial score (nSPS) is 19.2. The van der Waals surface area contributed by atoms with E-state index in [0.29, 0.717) is 5.47 Å². The number of halogens is 3. The summed E-state index contributed by atoms with van der Waals surface area (Å²) in [4.78, 5) is 11.3. The maximum atomic E-state index is 13.7. The zero-order valence-corrected chi connectivity index (χ0v) is 15.6. The molecular weight excluding hydrogens is 350 g/mol. The first-order valence-corrected chi connectivity index (χ1v) is 8.26. The monoisotopic (exact) mass is 371 g/mol. The molecule has 2 rings (SSSR count). The molecule has 0 aliphatic carbocycles. The Morgan fingerprint density at radius 1 is 1.20 bits per heavy atom. The number of hydrogen-bond donors (Lipinski definition) is 1. The summed E-state index contributed by atoms with van der Waals surface area (Å²) in [5, 5.41) is 2.10. The van der Waals surface area contributed by atoms with Crippen molar-refractivity contribution in [1.82, 2.24) is 5.32 Å².